The van der Waals surface area contributed by atoms with E-state index in [0.717, 1.165) is 24.3 Å². The van der Waals surface area contributed by atoms with Gasteiger partial charge in [0.1, 0.15) is 5.75 Å². The topological polar surface area (TPSA) is 158 Å². The van der Waals surface area contributed by atoms with Gasteiger partial charge in [0, 0.05) is 24.0 Å². The smallest absolute Gasteiger partial charge is 0.235 e. The summed E-state index contributed by atoms with van der Waals surface area (Å²) in [6, 6.07) is 0.357. The Bertz CT molecular complexity index is 1500. The van der Waals surface area contributed by atoms with Crippen molar-refractivity contribution in [1.82, 2.24) is 9.80 Å². The Morgan fingerprint density at radius 1 is 1.00 bits per heavy atom. The molecule has 1 amide bonds. The summed E-state index contributed by atoms with van der Waals surface area (Å²) in [7, 11) is 5.21. The highest BCUT2D eigenvalue weighted by Gasteiger charge is 2.69. The van der Waals surface area contributed by atoms with Crippen molar-refractivity contribution in [2.24, 2.45) is 52.6 Å². The number of fused-ring (bicyclic) bond motifs is 3. The van der Waals surface area contributed by atoms with Crippen LogP contribution in [0, 0.1) is 46.8 Å². The van der Waals surface area contributed by atoms with Gasteiger partial charge in [-0.2, -0.15) is 0 Å². The maximum Gasteiger partial charge on any atom is 0.235 e. The molecule has 8 rings (SSSR count). The molecule has 0 aliphatic heterocycles. The van der Waals surface area contributed by atoms with Crippen LogP contribution in [-0.2, 0) is 32.1 Å². The van der Waals surface area contributed by atoms with Crippen LogP contribution in [0.1, 0.15) is 66.4 Å². The number of primary amides is 1. The second-order valence-electron chi connectivity index (χ2n) is 15.6. The Morgan fingerprint density at radius 2 is 1.60 bits per heavy atom. The molecular formula is C34H42ClN3O7. The Kier molecular flexibility index (Phi) is 7.17. The molecule has 7 aliphatic carbocycles. The minimum absolute atomic E-state index is 0.00284. The molecule has 0 aromatic heterocycles. The van der Waals surface area contributed by atoms with Crippen molar-refractivity contribution in [1.29, 1.82) is 0 Å². The monoisotopic (exact) mass is 639 g/mol. The third-order valence-electron chi connectivity index (χ3n) is 12.3. The summed E-state index contributed by atoms with van der Waals surface area (Å²) in [5.74, 6) is -8.10. The Balaban J connectivity index is 1.19. The van der Waals surface area contributed by atoms with Gasteiger partial charge in [0.2, 0.25) is 5.91 Å². The zero-order valence-electron chi connectivity index (χ0n) is 26.1. The van der Waals surface area contributed by atoms with E-state index in [-0.39, 0.29) is 24.2 Å². The van der Waals surface area contributed by atoms with Crippen molar-refractivity contribution in [2.75, 3.05) is 27.7 Å². The average Bonchev–Trinajstić information content (AvgIpc) is 2.92. The number of benzene rings is 1. The number of nitrogens with zero attached hydrogens (tertiary/aromatic N) is 2. The van der Waals surface area contributed by atoms with E-state index >= 15 is 0 Å². The quantitative estimate of drug-likeness (QED) is 0.397. The van der Waals surface area contributed by atoms with Crippen molar-refractivity contribution < 1.29 is 34.2 Å². The summed E-state index contributed by atoms with van der Waals surface area (Å²) in [6.07, 6.45) is 8.07. The molecule has 0 saturated heterocycles. The molecule has 45 heavy (non-hydrogen) atoms. The zero-order chi connectivity index (χ0) is 32.3. The van der Waals surface area contributed by atoms with Crippen molar-refractivity contribution in [3.05, 3.63) is 27.8 Å². The van der Waals surface area contributed by atoms with Gasteiger partial charge in [-0.1, -0.05) is 11.6 Å². The molecule has 6 atom stereocenters. The van der Waals surface area contributed by atoms with Crippen LogP contribution in [0.5, 0.6) is 5.75 Å². The molecule has 2 unspecified atom stereocenters. The summed E-state index contributed by atoms with van der Waals surface area (Å²) in [6.45, 7) is 1.44. The molecule has 1 aromatic rings. The van der Waals surface area contributed by atoms with Crippen LogP contribution in [0.25, 0.3) is 0 Å². The van der Waals surface area contributed by atoms with Crippen molar-refractivity contribution in [3.8, 4) is 5.75 Å². The van der Waals surface area contributed by atoms with Crippen LogP contribution in [0.15, 0.2) is 6.07 Å². The lowest BCUT2D eigenvalue weighted by Crippen LogP contribution is -2.74. The molecule has 11 heteroatoms. The molecule has 0 heterocycles. The maximum absolute atomic E-state index is 14.0. The highest BCUT2D eigenvalue weighted by molar-refractivity contribution is 6.34. The third kappa shape index (κ3) is 4.49. The number of likely N-dealkylation sites (N-methyl/N-ethyl adjacent to an activating group) is 1. The second-order valence-corrected chi connectivity index (χ2v) is 16.0. The first-order chi connectivity index (χ1) is 21.1. The SMILES string of the molecule is CN(Cc1cc(O)c2c(c1Cl)C[C@H]1C[C@H]3[C@H](N(C)C)C(=O)C(C(N)=O)C(=O)[C@@]3(O)C(=O)C1C2=O)CC12CC3CC(CC(C3)C1)C2. The summed E-state index contributed by atoms with van der Waals surface area (Å²) in [5.41, 5.74) is 4.04. The number of amides is 1. The number of phenolic OH excluding ortho intramolecular Hbond substituents is 1. The predicted octanol–water partition coefficient (Wildman–Crippen LogP) is 2.17. The van der Waals surface area contributed by atoms with Gasteiger partial charge in [0.25, 0.3) is 0 Å². The number of hydrogen-bond acceptors (Lipinski definition) is 9. The fraction of sp³-hybridized carbons (Fsp3) is 0.676. The first-order valence-electron chi connectivity index (χ1n) is 16.2. The molecule has 6 saturated carbocycles. The number of phenols is 1. The molecule has 4 N–H and O–H groups in total. The van der Waals surface area contributed by atoms with E-state index in [1.807, 2.05) is 0 Å². The van der Waals surface area contributed by atoms with Crippen LogP contribution in [0.2, 0.25) is 5.02 Å². The molecular weight excluding hydrogens is 598 g/mol. The van der Waals surface area contributed by atoms with Crippen molar-refractivity contribution in [3.63, 3.8) is 0 Å². The molecule has 0 spiro atoms. The van der Waals surface area contributed by atoms with Gasteiger partial charge < -0.3 is 20.8 Å². The van der Waals surface area contributed by atoms with Gasteiger partial charge >= 0.3 is 0 Å². The lowest BCUT2D eigenvalue weighted by molar-refractivity contribution is -0.181. The van der Waals surface area contributed by atoms with Gasteiger partial charge in [-0.25, -0.2) is 0 Å². The molecule has 6 fully saturated rings. The highest BCUT2D eigenvalue weighted by atomic mass is 35.5. The summed E-state index contributed by atoms with van der Waals surface area (Å²) < 4.78 is 0. The van der Waals surface area contributed by atoms with Gasteiger partial charge in [0.15, 0.2) is 34.7 Å². The maximum atomic E-state index is 14.0. The number of carbonyl (C=O) groups excluding carboxylic acids is 5. The minimum atomic E-state index is -2.74. The number of Topliss-reactive ketones (excluding diaryl/α,β-unsaturated/α-hetero) is 4. The minimum Gasteiger partial charge on any atom is -0.507 e. The van der Waals surface area contributed by atoms with Gasteiger partial charge in [-0.05, 0) is 119 Å². The number of hydrogen-bond donors (Lipinski definition) is 3. The van der Waals surface area contributed by atoms with Gasteiger partial charge in [-0.3, -0.25) is 28.9 Å². The number of aromatic hydroxyl groups is 1. The fourth-order valence-electron chi connectivity index (χ4n) is 11.2. The molecule has 0 radical (unpaired) electrons. The van der Waals surface area contributed by atoms with E-state index in [4.69, 9.17) is 17.3 Å². The first kappa shape index (κ1) is 31.0. The number of ketones is 4. The highest BCUT2D eigenvalue weighted by Crippen LogP contribution is 2.60. The third-order valence-corrected chi connectivity index (χ3v) is 12.8. The van der Waals surface area contributed by atoms with Gasteiger partial charge in [0.05, 0.1) is 17.5 Å². The molecule has 242 valence electrons. The van der Waals surface area contributed by atoms with Crippen LogP contribution in [-0.4, -0.2) is 88.4 Å². The standard InChI is InChI=1S/C34H42ClN3O7/c1-37(2)27-21-8-18-7-20-24(28(40)23(18)30(42)34(21,45)31(43)25(29(27)41)32(36)44)22(39)9-19(26(20)35)13-38(3)14-33-10-15-4-16(11-33)6-17(5-15)12-33/h9,15-18,21,23,25,27,39,45H,4-8,10-14H2,1-3H3,(H2,36,44)/t15?,16?,17?,18-,21-,23?,25?,27-,33?,34-/m0/s1. The van der Waals surface area contributed by atoms with Crippen LogP contribution in [0.4, 0.5) is 0 Å². The van der Waals surface area contributed by atoms with E-state index in [2.05, 4.69) is 11.9 Å². The van der Waals surface area contributed by atoms with E-state index in [0.29, 0.717) is 28.1 Å². The van der Waals surface area contributed by atoms with E-state index < -0.39 is 64.4 Å². The molecule has 1 aromatic carbocycles. The summed E-state index contributed by atoms with van der Waals surface area (Å²) in [5, 5.41) is 23.3. The normalized spacial score (nSPS) is 40.2. The summed E-state index contributed by atoms with van der Waals surface area (Å²) >= 11 is 7.00. The molecule has 10 nitrogen and oxygen atoms in total. The largest absolute Gasteiger partial charge is 0.507 e. The van der Waals surface area contributed by atoms with Crippen molar-refractivity contribution >= 4 is 40.6 Å². The second kappa shape index (κ2) is 10.4. The first-order valence-corrected chi connectivity index (χ1v) is 16.6. The van der Waals surface area contributed by atoms with Crippen LogP contribution < -0.4 is 5.73 Å². The van der Waals surface area contributed by atoms with Gasteiger partial charge in [-0.15, -0.1) is 0 Å². The lowest BCUT2D eigenvalue weighted by atomic mass is 9.49. The average molecular weight is 640 g/mol. The Morgan fingerprint density at radius 3 is 2.16 bits per heavy atom. The van der Waals surface area contributed by atoms with Crippen LogP contribution in [0.3, 0.4) is 0 Å². The molecule has 4 bridgehead atoms. The van der Waals surface area contributed by atoms with E-state index in [9.17, 15) is 34.2 Å². The fourth-order valence-corrected chi connectivity index (χ4v) is 11.5. The number of nitrogens with two attached hydrogens (primary N) is 1. The summed E-state index contributed by atoms with van der Waals surface area (Å²) in [4.78, 5) is 70.6. The van der Waals surface area contributed by atoms with E-state index in [1.165, 1.54) is 49.5 Å². The molecule has 7 aliphatic rings. The number of halogens is 1. The predicted molar refractivity (Wildman–Crippen MR) is 163 cm³/mol. The lowest BCUT2D eigenvalue weighted by Gasteiger charge is -2.57. The van der Waals surface area contributed by atoms with E-state index in [1.54, 1.807) is 14.1 Å². The number of aliphatic hydroxyl groups is 1. The zero-order valence-corrected chi connectivity index (χ0v) is 26.8. The number of carbonyl (C=O) groups is 5. The Hall–Kier alpha value is -2.66. The Labute approximate surface area is 267 Å². The van der Waals surface area contributed by atoms with Crippen molar-refractivity contribution in [2.45, 2.75) is 69.6 Å². The van der Waals surface area contributed by atoms with Crippen LogP contribution >= 0.6 is 11.6 Å². The number of rotatable bonds is 6.